The van der Waals surface area contributed by atoms with Crippen molar-refractivity contribution in [2.75, 3.05) is 0 Å². The molecule has 0 bridgehead atoms. The molecule has 1 aromatic carbocycles. The van der Waals surface area contributed by atoms with Crippen LogP contribution in [0.1, 0.15) is 32.4 Å². The predicted octanol–water partition coefficient (Wildman–Crippen LogP) is 3.06. The molecule has 0 spiro atoms. The second kappa shape index (κ2) is 4.39. The maximum atomic E-state index is 12.4. The van der Waals surface area contributed by atoms with Crippen molar-refractivity contribution in [3.8, 4) is 0 Å². The quantitative estimate of drug-likeness (QED) is 0.595. The number of rotatable bonds is 3. The molecule has 0 amide bonds. The average Bonchev–Trinajstić information content (AvgIpc) is 3.02. The highest BCUT2D eigenvalue weighted by atomic mass is 32.2. The van der Waals surface area contributed by atoms with Crippen molar-refractivity contribution in [3.63, 3.8) is 0 Å². The molecule has 2 unspecified atom stereocenters. The highest BCUT2D eigenvalue weighted by Gasteiger charge is 2.52. The van der Waals surface area contributed by atoms with Gasteiger partial charge in [-0.25, -0.2) is 8.51 Å². The van der Waals surface area contributed by atoms with E-state index >= 15 is 0 Å². The van der Waals surface area contributed by atoms with E-state index in [4.69, 9.17) is 0 Å². The van der Waals surface area contributed by atoms with Gasteiger partial charge in [0.15, 0.2) is 0 Å². The third-order valence-electron chi connectivity index (χ3n) is 2.90. The van der Waals surface area contributed by atoms with Crippen molar-refractivity contribution < 1.29 is 4.21 Å². The summed E-state index contributed by atoms with van der Waals surface area (Å²) in [5.74, 6) is 0. The highest BCUT2D eigenvalue weighted by Crippen LogP contribution is 2.47. The molecule has 1 fully saturated rings. The van der Waals surface area contributed by atoms with E-state index in [-0.39, 0.29) is 16.8 Å². The Hall–Kier alpha value is -0.930. The summed E-state index contributed by atoms with van der Waals surface area (Å²) in [5.41, 5.74) is 1.22. The van der Waals surface area contributed by atoms with Crippen LogP contribution in [0.5, 0.6) is 0 Å². The van der Waals surface area contributed by atoms with Crippen LogP contribution in [0.15, 0.2) is 43.0 Å². The summed E-state index contributed by atoms with van der Waals surface area (Å²) < 4.78 is 14.2. The van der Waals surface area contributed by atoms with Crippen LogP contribution in [-0.4, -0.2) is 19.3 Å². The Morgan fingerprint density at radius 1 is 1.29 bits per heavy atom. The van der Waals surface area contributed by atoms with Crippen LogP contribution >= 0.6 is 0 Å². The molecule has 0 radical (unpaired) electrons. The summed E-state index contributed by atoms with van der Waals surface area (Å²) in [6.07, 6.45) is 1.89. The molecule has 3 heteroatoms. The number of hydrogen-bond donors (Lipinski definition) is 0. The minimum absolute atomic E-state index is 0.206. The van der Waals surface area contributed by atoms with Crippen LogP contribution in [0.3, 0.4) is 0 Å². The summed E-state index contributed by atoms with van der Waals surface area (Å²) in [6.45, 7) is 9.85. The summed E-state index contributed by atoms with van der Waals surface area (Å²) >= 11 is 0. The minimum atomic E-state index is -0.976. The maximum absolute atomic E-state index is 12.4. The molecule has 4 atom stereocenters. The third-order valence-corrected chi connectivity index (χ3v) is 4.80. The molecule has 1 heterocycles. The lowest BCUT2D eigenvalue weighted by Crippen LogP contribution is -2.28. The van der Waals surface area contributed by atoms with E-state index in [0.717, 1.165) is 0 Å². The Morgan fingerprint density at radius 3 is 2.35 bits per heavy atom. The number of benzene rings is 1. The Morgan fingerprint density at radius 2 is 1.88 bits per heavy atom. The van der Waals surface area contributed by atoms with Gasteiger partial charge < -0.3 is 0 Å². The van der Waals surface area contributed by atoms with Gasteiger partial charge >= 0.3 is 0 Å². The van der Waals surface area contributed by atoms with Gasteiger partial charge in [-0.3, -0.25) is 0 Å². The van der Waals surface area contributed by atoms with Gasteiger partial charge in [0.1, 0.15) is 11.0 Å². The van der Waals surface area contributed by atoms with Crippen LogP contribution in [-0.2, 0) is 11.0 Å². The lowest BCUT2D eigenvalue weighted by atomic mass is 10.1. The summed E-state index contributed by atoms with van der Waals surface area (Å²) in [5, 5.41) is 0. The molecule has 0 aromatic heterocycles. The lowest BCUT2D eigenvalue weighted by molar-refractivity contribution is 0.603. The smallest absolute Gasteiger partial charge is 0.101 e. The standard InChI is InChI=1S/C14H19NOS/c1-5-12-13(11-9-7-6-8-10-11)15(12)17(16)14(2,3)4/h5-10,12-13H,1H2,2-4H3/t12?,13-,15?,17-/m0/s1. The van der Waals surface area contributed by atoms with E-state index in [9.17, 15) is 4.21 Å². The summed E-state index contributed by atoms with van der Waals surface area (Å²) in [6, 6.07) is 10.6. The fourth-order valence-electron chi connectivity index (χ4n) is 1.99. The zero-order valence-corrected chi connectivity index (χ0v) is 11.4. The molecule has 0 N–H and O–H groups in total. The van der Waals surface area contributed by atoms with Crippen LogP contribution in [0.4, 0.5) is 0 Å². The van der Waals surface area contributed by atoms with E-state index < -0.39 is 11.0 Å². The molecule has 92 valence electrons. The Labute approximate surface area is 106 Å². The van der Waals surface area contributed by atoms with E-state index in [1.807, 2.05) is 49.4 Å². The first-order valence-corrected chi connectivity index (χ1v) is 6.95. The molecule has 17 heavy (non-hydrogen) atoms. The first-order chi connectivity index (χ1) is 7.96. The van der Waals surface area contributed by atoms with Gasteiger partial charge in [-0.2, -0.15) is 0 Å². The van der Waals surface area contributed by atoms with E-state index in [0.29, 0.717) is 0 Å². The Bertz CT molecular complexity index is 435. The fraction of sp³-hybridized carbons (Fsp3) is 0.429. The second-order valence-electron chi connectivity index (χ2n) is 5.30. The maximum Gasteiger partial charge on any atom is 0.101 e. The lowest BCUT2D eigenvalue weighted by Gasteiger charge is -2.18. The van der Waals surface area contributed by atoms with Crippen molar-refractivity contribution >= 4 is 11.0 Å². The molecule has 0 aliphatic carbocycles. The van der Waals surface area contributed by atoms with Crippen LogP contribution in [0, 0.1) is 0 Å². The third kappa shape index (κ3) is 2.35. The number of hydrogen-bond acceptors (Lipinski definition) is 1. The van der Waals surface area contributed by atoms with Gasteiger partial charge in [-0.1, -0.05) is 36.4 Å². The molecule has 0 saturated carbocycles. The molecular weight excluding hydrogens is 230 g/mol. The summed E-state index contributed by atoms with van der Waals surface area (Å²) in [7, 11) is -0.976. The molecule has 2 nitrogen and oxygen atoms in total. The zero-order chi connectivity index (χ0) is 12.6. The summed E-state index contributed by atoms with van der Waals surface area (Å²) in [4.78, 5) is 0. The Balaban J connectivity index is 2.22. The van der Waals surface area contributed by atoms with Crippen molar-refractivity contribution in [3.05, 3.63) is 48.6 Å². The van der Waals surface area contributed by atoms with Gasteiger partial charge in [0.05, 0.1) is 16.8 Å². The van der Waals surface area contributed by atoms with Gasteiger partial charge in [0.25, 0.3) is 0 Å². The van der Waals surface area contributed by atoms with E-state index in [1.54, 1.807) is 0 Å². The molecule has 1 aromatic rings. The second-order valence-corrected chi connectivity index (χ2v) is 7.45. The molecular formula is C14H19NOS. The zero-order valence-electron chi connectivity index (χ0n) is 10.6. The molecule has 1 aliphatic heterocycles. The fourth-order valence-corrected chi connectivity index (χ4v) is 3.44. The first kappa shape index (κ1) is 12.5. The minimum Gasteiger partial charge on any atom is -0.242 e. The molecule has 1 aliphatic rings. The molecule has 2 rings (SSSR count). The highest BCUT2D eigenvalue weighted by molar-refractivity contribution is 7.84. The number of nitrogens with zero attached hydrogens (tertiary/aromatic N) is 1. The SMILES string of the molecule is C=CC1[C@H](c2ccccc2)N1[S@@](=O)C(C)(C)C. The largest absolute Gasteiger partial charge is 0.242 e. The predicted molar refractivity (Wildman–Crippen MR) is 72.9 cm³/mol. The van der Waals surface area contributed by atoms with E-state index in [2.05, 4.69) is 18.7 Å². The van der Waals surface area contributed by atoms with Crippen LogP contribution in [0.25, 0.3) is 0 Å². The van der Waals surface area contributed by atoms with Gasteiger partial charge in [0, 0.05) is 0 Å². The normalized spacial score (nSPS) is 29.7. The van der Waals surface area contributed by atoms with Crippen molar-refractivity contribution in [1.82, 2.24) is 4.31 Å². The first-order valence-electron chi connectivity index (χ1n) is 5.84. The monoisotopic (exact) mass is 249 g/mol. The van der Waals surface area contributed by atoms with Gasteiger partial charge in [-0.05, 0) is 26.3 Å². The van der Waals surface area contributed by atoms with Gasteiger partial charge in [0.2, 0.25) is 0 Å². The van der Waals surface area contributed by atoms with Crippen LogP contribution in [0.2, 0.25) is 0 Å². The van der Waals surface area contributed by atoms with Crippen molar-refractivity contribution in [2.24, 2.45) is 0 Å². The van der Waals surface area contributed by atoms with Crippen LogP contribution < -0.4 is 0 Å². The van der Waals surface area contributed by atoms with Gasteiger partial charge in [-0.15, -0.1) is 6.58 Å². The van der Waals surface area contributed by atoms with E-state index in [1.165, 1.54) is 5.56 Å². The Kier molecular flexibility index (Phi) is 3.23. The average molecular weight is 249 g/mol. The van der Waals surface area contributed by atoms with Crippen molar-refractivity contribution in [2.45, 2.75) is 37.6 Å². The van der Waals surface area contributed by atoms with Crippen molar-refractivity contribution in [1.29, 1.82) is 0 Å². The molecule has 1 saturated heterocycles. The topological polar surface area (TPSA) is 20.1 Å².